The minimum atomic E-state index is -0.956. The second-order valence-corrected chi connectivity index (χ2v) is 14.7. The van der Waals surface area contributed by atoms with Gasteiger partial charge in [-0.05, 0) is 24.7 Å². The maximum Gasteiger partial charge on any atom is 0.305 e. The minimum absolute atomic E-state index is 0.109. The van der Waals surface area contributed by atoms with Crippen LogP contribution in [0, 0.1) is 11.8 Å². The fraction of sp³-hybridized carbons (Fsp3) is 0.950. The molecule has 0 aromatic carbocycles. The van der Waals surface area contributed by atoms with Gasteiger partial charge >= 0.3 is 11.9 Å². The van der Waals surface area contributed by atoms with Crippen LogP contribution in [0.1, 0.15) is 214 Å². The van der Waals surface area contributed by atoms with Crippen molar-refractivity contribution in [3.63, 3.8) is 0 Å². The molecule has 5 heteroatoms. The Balaban J connectivity index is 3.38. The summed E-state index contributed by atoms with van der Waals surface area (Å²) in [6.45, 7) is 9.02. The Bertz CT molecular complexity index is 632. The van der Waals surface area contributed by atoms with Crippen LogP contribution in [-0.4, -0.2) is 36.4 Å². The predicted octanol–water partition coefficient (Wildman–Crippen LogP) is 12.1. The molecule has 0 saturated carbocycles. The highest BCUT2D eigenvalue weighted by atomic mass is 16.6. The fourth-order valence-corrected chi connectivity index (χ4v) is 5.93. The second-order valence-electron chi connectivity index (χ2n) is 14.7. The average molecular weight is 639 g/mol. The van der Waals surface area contributed by atoms with E-state index in [1.807, 2.05) is 0 Å². The molecule has 1 atom stereocenters. The molecule has 0 radical (unpaired) electrons. The van der Waals surface area contributed by atoms with E-state index in [4.69, 9.17) is 9.47 Å². The molecule has 0 aromatic heterocycles. The molecular formula is C40H78O5. The van der Waals surface area contributed by atoms with Gasteiger partial charge in [0.25, 0.3) is 0 Å². The van der Waals surface area contributed by atoms with E-state index in [0.717, 1.165) is 37.5 Å². The summed E-state index contributed by atoms with van der Waals surface area (Å²) in [4.78, 5) is 23.9. The van der Waals surface area contributed by atoms with E-state index in [9.17, 15) is 14.7 Å². The Labute approximate surface area is 280 Å². The first-order chi connectivity index (χ1) is 21.8. The summed E-state index contributed by atoms with van der Waals surface area (Å²) in [7, 11) is 0. The number of aliphatic hydroxyl groups is 1. The topological polar surface area (TPSA) is 72.8 Å². The quantitative estimate of drug-likeness (QED) is 0.0552. The van der Waals surface area contributed by atoms with Gasteiger partial charge in [-0.3, -0.25) is 9.59 Å². The first kappa shape index (κ1) is 43.9. The highest BCUT2D eigenvalue weighted by Gasteiger charge is 2.12. The largest absolute Gasteiger partial charge is 0.463 e. The third kappa shape index (κ3) is 37.2. The SMILES string of the molecule is CC(C)CCCCCCCCCCCCCCCC(=O)OC[C@@H](O)COC(=O)CCCCCCCCCCCCCCC(C)C. The molecule has 0 amide bonds. The lowest BCUT2D eigenvalue weighted by molar-refractivity contribution is -0.152. The Morgan fingerprint density at radius 1 is 0.400 bits per heavy atom. The van der Waals surface area contributed by atoms with Crippen molar-refractivity contribution in [1.82, 2.24) is 0 Å². The van der Waals surface area contributed by atoms with Gasteiger partial charge in [0, 0.05) is 12.8 Å². The number of hydrogen-bond donors (Lipinski definition) is 1. The first-order valence-electron chi connectivity index (χ1n) is 19.8. The molecule has 0 fully saturated rings. The van der Waals surface area contributed by atoms with E-state index in [1.54, 1.807) is 0 Å². The molecule has 0 spiro atoms. The highest BCUT2D eigenvalue weighted by Crippen LogP contribution is 2.16. The summed E-state index contributed by atoms with van der Waals surface area (Å²) in [5.74, 6) is 1.14. The minimum Gasteiger partial charge on any atom is -0.463 e. The Hall–Kier alpha value is -1.10. The van der Waals surface area contributed by atoms with Crippen LogP contribution in [0.3, 0.4) is 0 Å². The molecule has 45 heavy (non-hydrogen) atoms. The van der Waals surface area contributed by atoms with Crippen molar-refractivity contribution in [3.05, 3.63) is 0 Å². The summed E-state index contributed by atoms with van der Waals surface area (Å²) in [6.07, 6.45) is 34.4. The Morgan fingerprint density at radius 3 is 0.867 bits per heavy atom. The van der Waals surface area contributed by atoms with Crippen LogP contribution in [0.25, 0.3) is 0 Å². The van der Waals surface area contributed by atoms with Crippen molar-refractivity contribution in [2.45, 2.75) is 220 Å². The molecule has 0 aliphatic heterocycles. The molecule has 5 nitrogen and oxygen atoms in total. The molecule has 1 N–H and O–H groups in total. The molecule has 0 heterocycles. The molecule has 0 aliphatic rings. The number of esters is 2. The molecule has 0 bridgehead atoms. The van der Waals surface area contributed by atoms with Gasteiger partial charge in [0.1, 0.15) is 19.3 Å². The van der Waals surface area contributed by atoms with Gasteiger partial charge < -0.3 is 14.6 Å². The molecule has 0 saturated heterocycles. The van der Waals surface area contributed by atoms with Crippen molar-refractivity contribution < 1.29 is 24.2 Å². The second kappa shape index (κ2) is 34.2. The van der Waals surface area contributed by atoms with Gasteiger partial charge in [-0.1, -0.05) is 188 Å². The van der Waals surface area contributed by atoms with Gasteiger partial charge in [0.2, 0.25) is 0 Å². The number of unbranched alkanes of at least 4 members (excludes halogenated alkanes) is 23. The third-order valence-corrected chi connectivity index (χ3v) is 8.95. The average Bonchev–Trinajstić information content (AvgIpc) is 3.00. The molecule has 0 aromatic rings. The van der Waals surface area contributed by atoms with E-state index < -0.39 is 6.10 Å². The number of hydrogen-bond acceptors (Lipinski definition) is 5. The summed E-state index contributed by atoms with van der Waals surface area (Å²) >= 11 is 0. The van der Waals surface area contributed by atoms with Crippen molar-refractivity contribution in [3.8, 4) is 0 Å². The lowest BCUT2D eigenvalue weighted by Crippen LogP contribution is -2.25. The van der Waals surface area contributed by atoms with E-state index >= 15 is 0 Å². The normalized spacial score (nSPS) is 12.2. The van der Waals surface area contributed by atoms with Crippen molar-refractivity contribution in [2.24, 2.45) is 11.8 Å². The molecule has 0 rings (SSSR count). The van der Waals surface area contributed by atoms with Crippen molar-refractivity contribution >= 4 is 11.9 Å². The van der Waals surface area contributed by atoms with Crippen LogP contribution in [0.15, 0.2) is 0 Å². The van der Waals surface area contributed by atoms with Crippen LogP contribution in [-0.2, 0) is 19.1 Å². The summed E-state index contributed by atoms with van der Waals surface area (Å²) in [5.41, 5.74) is 0. The maximum atomic E-state index is 12.0. The maximum absolute atomic E-state index is 12.0. The Kier molecular flexibility index (Phi) is 33.4. The van der Waals surface area contributed by atoms with Gasteiger partial charge in [0.15, 0.2) is 0 Å². The van der Waals surface area contributed by atoms with E-state index in [0.29, 0.717) is 12.8 Å². The molecule has 0 aliphatic carbocycles. The predicted molar refractivity (Wildman–Crippen MR) is 191 cm³/mol. The van der Waals surface area contributed by atoms with Crippen molar-refractivity contribution in [2.75, 3.05) is 13.2 Å². The Morgan fingerprint density at radius 2 is 0.622 bits per heavy atom. The third-order valence-electron chi connectivity index (χ3n) is 8.95. The summed E-state index contributed by atoms with van der Waals surface area (Å²) in [6, 6.07) is 0. The van der Waals surface area contributed by atoms with Crippen LogP contribution in [0.2, 0.25) is 0 Å². The van der Waals surface area contributed by atoms with Crippen LogP contribution < -0.4 is 0 Å². The van der Waals surface area contributed by atoms with E-state index in [-0.39, 0.29) is 25.2 Å². The van der Waals surface area contributed by atoms with E-state index in [1.165, 1.54) is 148 Å². The number of carbonyl (C=O) groups is 2. The first-order valence-corrected chi connectivity index (χ1v) is 19.8. The number of carbonyl (C=O) groups excluding carboxylic acids is 2. The van der Waals surface area contributed by atoms with Gasteiger partial charge in [-0.25, -0.2) is 0 Å². The molecular weight excluding hydrogens is 560 g/mol. The molecule has 0 unspecified atom stereocenters. The number of aliphatic hydroxyl groups excluding tert-OH is 1. The van der Waals surface area contributed by atoms with Crippen LogP contribution in [0.4, 0.5) is 0 Å². The smallest absolute Gasteiger partial charge is 0.305 e. The zero-order chi connectivity index (χ0) is 33.2. The lowest BCUT2D eigenvalue weighted by Gasteiger charge is -2.12. The zero-order valence-corrected chi connectivity index (χ0v) is 30.7. The van der Waals surface area contributed by atoms with Gasteiger partial charge in [-0.15, -0.1) is 0 Å². The lowest BCUT2D eigenvalue weighted by atomic mass is 10.0. The van der Waals surface area contributed by atoms with Crippen molar-refractivity contribution in [1.29, 1.82) is 0 Å². The number of ether oxygens (including phenoxy) is 2. The standard InChI is InChI=1S/C40H78O5/c1-36(2)30-26-22-18-14-10-6-5-7-12-16-20-24-28-32-39(42)44-34-38(41)35-45-40(43)33-29-25-21-17-13-9-8-11-15-19-23-27-31-37(3)4/h36-38,41H,5-35H2,1-4H3/t38-/m1/s1. The number of rotatable bonds is 35. The zero-order valence-electron chi connectivity index (χ0n) is 30.7. The molecule has 268 valence electrons. The van der Waals surface area contributed by atoms with Crippen LogP contribution in [0.5, 0.6) is 0 Å². The summed E-state index contributed by atoms with van der Waals surface area (Å²) in [5, 5.41) is 10.0. The van der Waals surface area contributed by atoms with Gasteiger partial charge in [-0.2, -0.15) is 0 Å². The van der Waals surface area contributed by atoms with Crippen LogP contribution >= 0.6 is 0 Å². The summed E-state index contributed by atoms with van der Waals surface area (Å²) < 4.78 is 10.3. The van der Waals surface area contributed by atoms with E-state index in [2.05, 4.69) is 27.7 Å². The van der Waals surface area contributed by atoms with Gasteiger partial charge in [0.05, 0.1) is 0 Å². The fourth-order valence-electron chi connectivity index (χ4n) is 5.93. The highest BCUT2D eigenvalue weighted by molar-refractivity contribution is 5.69. The monoisotopic (exact) mass is 639 g/mol.